The highest BCUT2D eigenvalue weighted by molar-refractivity contribution is 7.15. The summed E-state index contributed by atoms with van der Waals surface area (Å²) >= 11 is 1.69. The molecule has 0 spiro atoms. The molecule has 0 saturated heterocycles. The maximum atomic E-state index is 12.1. The van der Waals surface area contributed by atoms with Crippen LogP contribution in [0.15, 0.2) is 36.5 Å². The monoisotopic (exact) mass is 330 g/mol. The van der Waals surface area contributed by atoms with E-state index in [2.05, 4.69) is 22.4 Å². The highest BCUT2D eigenvalue weighted by Crippen LogP contribution is 2.41. The molecule has 0 amide bonds. The standard InChI is InChI=1S/C18H22N2O2S/c1-2-22-17(21)18(9-6-10-18)13-19-11-15-12-20-16(23-15)14-7-4-3-5-8-14/h3-5,7-8,12,19H,2,6,9-11,13H2,1H3. The zero-order valence-electron chi connectivity index (χ0n) is 13.4. The smallest absolute Gasteiger partial charge is 0.313 e. The summed E-state index contributed by atoms with van der Waals surface area (Å²) < 4.78 is 5.23. The highest BCUT2D eigenvalue weighted by atomic mass is 32.1. The van der Waals surface area contributed by atoms with Crippen LogP contribution in [0.5, 0.6) is 0 Å². The normalized spacial score (nSPS) is 15.9. The molecule has 1 aromatic carbocycles. The fourth-order valence-electron chi connectivity index (χ4n) is 2.87. The first-order valence-corrected chi connectivity index (χ1v) is 8.93. The number of thiazole rings is 1. The number of rotatable bonds is 7. The molecule has 0 unspecified atom stereocenters. The molecular weight excluding hydrogens is 308 g/mol. The number of hydrogen-bond acceptors (Lipinski definition) is 5. The average Bonchev–Trinajstić information content (AvgIpc) is 3.00. The quantitative estimate of drug-likeness (QED) is 0.788. The Morgan fingerprint density at radius 1 is 1.35 bits per heavy atom. The summed E-state index contributed by atoms with van der Waals surface area (Å²) in [6.45, 7) is 3.74. The number of carbonyl (C=O) groups excluding carboxylic acids is 1. The van der Waals surface area contributed by atoms with E-state index in [1.165, 1.54) is 4.88 Å². The topological polar surface area (TPSA) is 51.2 Å². The molecule has 23 heavy (non-hydrogen) atoms. The summed E-state index contributed by atoms with van der Waals surface area (Å²) in [4.78, 5) is 17.8. The van der Waals surface area contributed by atoms with Crippen molar-refractivity contribution in [3.63, 3.8) is 0 Å². The summed E-state index contributed by atoms with van der Waals surface area (Å²) in [5.74, 6) is -0.0481. The lowest BCUT2D eigenvalue weighted by Gasteiger charge is -2.39. The van der Waals surface area contributed by atoms with Gasteiger partial charge in [-0.05, 0) is 19.8 Å². The summed E-state index contributed by atoms with van der Waals surface area (Å²) in [6.07, 6.45) is 4.88. The number of nitrogens with zero attached hydrogens (tertiary/aromatic N) is 1. The minimum absolute atomic E-state index is 0.0481. The molecule has 1 aliphatic carbocycles. The van der Waals surface area contributed by atoms with Crippen molar-refractivity contribution >= 4 is 17.3 Å². The number of ether oxygens (including phenoxy) is 1. The van der Waals surface area contributed by atoms with Crippen molar-refractivity contribution < 1.29 is 9.53 Å². The van der Waals surface area contributed by atoms with Gasteiger partial charge in [0.2, 0.25) is 0 Å². The van der Waals surface area contributed by atoms with Crippen LogP contribution in [0.1, 0.15) is 31.1 Å². The van der Waals surface area contributed by atoms with Gasteiger partial charge in [0.1, 0.15) is 5.01 Å². The van der Waals surface area contributed by atoms with Gasteiger partial charge < -0.3 is 10.1 Å². The van der Waals surface area contributed by atoms with E-state index >= 15 is 0 Å². The predicted molar refractivity (Wildman–Crippen MR) is 92.2 cm³/mol. The molecule has 0 atom stereocenters. The molecule has 122 valence electrons. The lowest BCUT2D eigenvalue weighted by atomic mass is 9.68. The van der Waals surface area contributed by atoms with Crippen molar-refractivity contribution in [2.45, 2.75) is 32.7 Å². The zero-order chi connectivity index (χ0) is 16.1. The van der Waals surface area contributed by atoms with Crippen LogP contribution in [-0.2, 0) is 16.1 Å². The van der Waals surface area contributed by atoms with E-state index in [0.29, 0.717) is 13.2 Å². The molecule has 4 nitrogen and oxygen atoms in total. The number of hydrogen-bond donors (Lipinski definition) is 1. The van der Waals surface area contributed by atoms with Gasteiger partial charge >= 0.3 is 5.97 Å². The first-order valence-electron chi connectivity index (χ1n) is 8.11. The Bertz CT molecular complexity index is 650. The second-order valence-electron chi connectivity index (χ2n) is 5.96. The number of carbonyl (C=O) groups is 1. The van der Waals surface area contributed by atoms with Crippen LogP contribution in [0.25, 0.3) is 10.6 Å². The second kappa shape index (κ2) is 7.23. The Hall–Kier alpha value is -1.72. The Morgan fingerprint density at radius 2 is 2.13 bits per heavy atom. The largest absolute Gasteiger partial charge is 0.466 e. The van der Waals surface area contributed by atoms with Gasteiger partial charge in [-0.1, -0.05) is 36.8 Å². The van der Waals surface area contributed by atoms with E-state index in [1.54, 1.807) is 11.3 Å². The molecule has 0 bridgehead atoms. The number of nitrogens with one attached hydrogen (secondary N) is 1. The van der Waals surface area contributed by atoms with Gasteiger partial charge in [-0.15, -0.1) is 11.3 Å². The van der Waals surface area contributed by atoms with Crippen LogP contribution >= 0.6 is 11.3 Å². The van der Waals surface area contributed by atoms with Gasteiger partial charge in [0.25, 0.3) is 0 Å². The summed E-state index contributed by atoms with van der Waals surface area (Å²) in [5.41, 5.74) is 0.842. The van der Waals surface area contributed by atoms with Crippen LogP contribution in [0, 0.1) is 5.41 Å². The highest BCUT2D eigenvalue weighted by Gasteiger charge is 2.45. The Labute approximate surface area is 140 Å². The Kier molecular flexibility index (Phi) is 5.08. The molecular formula is C18H22N2O2S. The predicted octanol–water partition coefficient (Wildman–Crippen LogP) is 3.63. The van der Waals surface area contributed by atoms with E-state index in [0.717, 1.165) is 36.4 Å². The van der Waals surface area contributed by atoms with E-state index in [9.17, 15) is 4.79 Å². The summed E-state index contributed by atoms with van der Waals surface area (Å²) in [5, 5.41) is 4.45. The SMILES string of the molecule is CCOC(=O)C1(CNCc2cnc(-c3ccccc3)s2)CCC1. The van der Waals surface area contributed by atoms with E-state index in [-0.39, 0.29) is 11.4 Å². The summed E-state index contributed by atoms with van der Waals surface area (Å²) in [6, 6.07) is 10.2. The molecule has 3 rings (SSSR count). The number of aromatic nitrogens is 1. The van der Waals surface area contributed by atoms with Gasteiger partial charge in [-0.3, -0.25) is 4.79 Å². The Morgan fingerprint density at radius 3 is 2.78 bits per heavy atom. The average molecular weight is 330 g/mol. The van der Waals surface area contributed by atoms with E-state index in [4.69, 9.17) is 4.74 Å². The lowest BCUT2D eigenvalue weighted by molar-refractivity contribution is -0.160. The first-order chi connectivity index (χ1) is 11.2. The van der Waals surface area contributed by atoms with Crippen LogP contribution < -0.4 is 5.32 Å². The van der Waals surface area contributed by atoms with Crippen molar-refractivity contribution in [1.82, 2.24) is 10.3 Å². The van der Waals surface area contributed by atoms with E-state index < -0.39 is 0 Å². The molecule has 2 aromatic rings. The maximum absolute atomic E-state index is 12.1. The van der Waals surface area contributed by atoms with Gasteiger partial charge in [0, 0.05) is 29.7 Å². The minimum atomic E-state index is -0.303. The molecule has 1 aliphatic rings. The second-order valence-corrected chi connectivity index (χ2v) is 7.07. The molecule has 5 heteroatoms. The third kappa shape index (κ3) is 3.62. The fraction of sp³-hybridized carbons (Fsp3) is 0.444. The molecule has 1 N–H and O–H groups in total. The van der Waals surface area contributed by atoms with Gasteiger partial charge in [-0.2, -0.15) is 0 Å². The third-order valence-electron chi connectivity index (χ3n) is 4.36. The first kappa shape index (κ1) is 16.1. The van der Waals surface area contributed by atoms with Crippen LogP contribution in [-0.4, -0.2) is 24.1 Å². The van der Waals surface area contributed by atoms with Crippen LogP contribution in [0.4, 0.5) is 0 Å². The molecule has 1 heterocycles. The fourth-order valence-corrected chi connectivity index (χ4v) is 3.76. The molecule has 1 aromatic heterocycles. The third-order valence-corrected chi connectivity index (χ3v) is 5.40. The van der Waals surface area contributed by atoms with E-state index in [1.807, 2.05) is 31.3 Å². The molecule has 1 saturated carbocycles. The minimum Gasteiger partial charge on any atom is -0.466 e. The number of esters is 1. The maximum Gasteiger partial charge on any atom is 0.313 e. The van der Waals surface area contributed by atoms with Crippen molar-refractivity contribution in [2.24, 2.45) is 5.41 Å². The van der Waals surface area contributed by atoms with Gasteiger partial charge in [0.15, 0.2) is 0 Å². The lowest BCUT2D eigenvalue weighted by Crippen LogP contribution is -2.47. The molecule has 0 aliphatic heterocycles. The van der Waals surface area contributed by atoms with Crippen molar-refractivity contribution in [3.8, 4) is 10.6 Å². The molecule has 1 fully saturated rings. The van der Waals surface area contributed by atoms with Crippen LogP contribution in [0.3, 0.4) is 0 Å². The summed E-state index contributed by atoms with van der Waals surface area (Å²) in [7, 11) is 0. The molecule has 0 radical (unpaired) electrons. The van der Waals surface area contributed by atoms with Crippen molar-refractivity contribution in [1.29, 1.82) is 0 Å². The van der Waals surface area contributed by atoms with Crippen molar-refractivity contribution in [3.05, 3.63) is 41.4 Å². The Balaban J connectivity index is 1.55. The van der Waals surface area contributed by atoms with Crippen molar-refractivity contribution in [2.75, 3.05) is 13.2 Å². The van der Waals surface area contributed by atoms with Gasteiger partial charge in [0.05, 0.1) is 12.0 Å². The number of benzene rings is 1. The zero-order valence-corrected chi connectivity index (χ0v) is 14.2. The van der Waals surface area contributed by atoms with Crippen LogP contribution in [0.2, 0.25) is 0 Å². The van der Waals surface area contributed by atoms with Gasteiger partial charge in [-0.25, -0.2) is 4.98 Å².